The van der Waals surface area contributed by atoms with E-state index in [0.717, 1.165) is 96.3 Å². The number of hydrogen-bond donors (Lipinski definition) is 3. The lowest BCUT2D eigenvalue weighted by atomic mass is 10.0. The molecule has 0 aliphatic heterocycles. The van der Waals surface area contributed by atoms with Crippen LogP contribution in [0, 0.1) is 5.92 Å². The number of ether oxygens (including phenoxy) is 4. The first-order valence-corrected chi connectivity index (χ1v) is 42.6. The summed E-state index contributed by atoms with van der Waals surface area (Å²) in [6, 6.07) is 0. The first-order chi connectivity index (χ1) is 46.0. The number of aliphatic hydroxyl groups excluding tert-OH is 1. The molecule has 0 radical (unpaired) electrons. The Hall–Kier alpha value is -1.94. The summed E-state index contributed by atoms with van der Waals surface area (Å²) in [7, 11) is -9.91. The van der Waals surface area contributed by atoms with E-state index in [-0.39, 0.29) is 25.7 Å². The molecule has 0 bridgehead atoms. The molecule has 5 atom stereocenters. The molecule has 0 spiro atoms. The van der Waals surface area contributed by atoms with Crippen LogP contribution in [0.1, 0.15) is 401 Å². The largest absolute Gasteiger partial charge is 0.472 e. The molecule has 2 unspecified atom stereocenters. The van der Waals surface area contributed by atoms with Gasteiger partial charge in [0.15, 0.2) is 12.2 Å². The molecule has 0 fully saturated rings. The van der Waals surface area contributed by atoms with Crippen molar-refractivity contribution in [2.45, 2.75) is 419 Å². The molecule has 0 amide bonds. The number of esters is 4. The number of phosphoric ester groups is 2. The van der Waals surface area contributed by atoms with Crippen LogP contribution in [0.5, 0.6) is 0 Å². The number of aliphatic hydroxyl groups is 1. The molecule has 19 heteroatoms. The Morgan fingerprint density at radius 2 is 0.484 bits per heavy atom. The van der Waals surface area contributed by atoms with Gasteiger partial charge in [0.05, 0.1) is 26.4 Å². The number of phosphoric acid groups is 2. The van der Waals surface area contributed by atoms with Crippen molar-refractivity contribution in [1.82, 2.24) is 0 Å². The van der Waals surface area contributed by atoms with Crippen LogP contribution in [-0.4, -0.2) is 96.7 Å². The second-order valence-corrected chi connectivity index (χ2v) is 30.8. The van der Waals surface area contributed by atoms with Crippen LogP contribution < -0.4 is 0 Å². The van der Waals surface area contributed by atoms with Crippen LogP contribution in [0.3, 0.4) is 0 Å². The molecule has 0 heterocycles. The van der Waals surface area contributed by atoms with Crippen LogP contribution in [-0.2, 0) is 65.4 Å². The number of unbranched alkanes of at least 4 members (excludes halogenated alkanes) is 48. The SMILES string of the molecule is CCCCCCCCCCCCCCCCCCC(=O)OC[C@H](COP(=O)(O)OC[C@@H](O)COP(=O)(O)OC[C@@H](COC(=O)CCCCCCCCC(C)C)OC(=O)CCCCCCCCCCCCCCCC)OC(=O)CCCCCCCCCCCCCCCCCC. The van der Waals surface area contributed by atoms with Gasteiger partial charge in [0.25, 0.3) is 0 Å². The van der Waals surface area contributed by atoms with Gasteiger partial charge >= 0.3 is 39.5 Å². The fraction of sp³-hybridized carbons (Fsp3) is 0.947. The molecule has 0 saturated carbocycles. The van der Waals surface area contributed by atoms with E-state index < -0.39 is 97.5 Å². The van der Waals surface area contributed by atoms with Crippen LogP contribution in [0.25, 0.3) is 0 Å². The van der Waals surface area contributed by atoms with Gasteiger partial charge in [-0.05, 0) is 31.6 Å². The smallest absolute Gasteiger partial charge is 0.462 e. The molecule has 17 nitrogen and oxygen atoms in total. The van der Waals surface area contributed by atoms with Gasteiger partial charge in [-0.25, -0.2) is 9.13 Å². The average Bonchev–Trinajstić information content (AvgIpc) is 3.12. The molecule has 0 aliphatic rings. The van der Waals surface area contributed by atoms with Crippen LogP contribution in [0.4, 0.5) is 0 Å². The highest BCUT2D eigenvalue weighted by atomic mass is 31.2. The number of hydrogen-bond acceptors (Lipinski definition) is 15. The Labute approximate surface area is 581 Å². The van der Waals surface area contributed by atoms with Crippen molar-refractivity contribution in [1.29, 1.82) is 0 Å². The molecule has 0 saturated heterocycles. The summed E-state index contributed by atoms with van der Waals surface area (Å²) < 4.78 is 68.5. The molecule has 564 valence electrons. The fourth-order valence-electron chi connectivity index (χ4n) is 11.7. The van der Waals surface area contributed by atoms with Crippen molar-refractivity contribution in [3.05, 3.63) is 0 Å². The summed E-state index contributed by atoms with van der Waals surface area (Å²) in [5.41, 5.74) is 0. The minimum Gasteiger partial charge on any atom is -0.462 e. The van der Waals surface area contributed by atoms with Crippen molar-refractivity contribution in [3.8, 4) is 0 Å². The Morgan fingerprint density at radius 1 is 0.284 bits per heavy atom. The Balaban J connectivity index is 5.23. The van der Waals surface area contributed by atoms with E-state index in [2.05, 4.69) is 34.6 Å². The lowest BCUT2D eigenvalue weighted by Gasteiger charge is -2.21. The van der Waals surface area contributed by atoms with Crippen LogP contribution in [0.15, 0.2) is 0 Å². The molecular weight excluding hydrogens is 1250 g/mol. The standard InChI is InChI=1S/C76H148O17P2/c1-6-9-12-15-18-21-24-27-30-32-35-37-40-43-49-54-59-73(78)86-65-71(92-75(80)62-57-52-45-42-39-36-33-31-28-25-22-19-16-13-10-7-2)67-90-94(82,83)88-63-70(77)64-89-95(84,85)91-68-72(66-87-74(79)60-55-50-47-46-48-53-58-69(4)5)93-76(81)61-56-51-44-41-38-34-29-26-23-20-17-14-11-8-3/h69-72,77H,6-68H2,1-5H3,(H,82,83)(H,84,85)/t70-,71-,72-/m1/s1. The Morgan fingerprint density at radius 3 is 0.716 bits per heavy atom. The number of carbonyl (C=O) groups is 4. The summed E-state index contributed by atoms with van der Waals surface area (Å²) >= 11 is 0. The third-order valence-electron chi connectivity index (χ3n) is 17.8. The van der Waals surface area contributed by atoms with E-state index in [1.165, 1.54) is 218 Å². The molecular formula is C76H148O17P2. The van der Waals surface area contributed by atoms with Gasteiger partial charge in [0.1, 0.15) is 19.3 Å². The van der Waals surface area contributed by atoms with Gasteiger partial charge in [-0.2, -0.15) is 0 Å². The van der Waals surface area contributed by atoms with Crippen molar-refractivity contribution in [2.75, 3.05) is 39.6 Å². The Kier molecular flexibility index (Phi) is 67.7. The van der Waals surface area contributed by atoms with Crippen molar-refractivity contribution in [2.24, 2.45) is 5.92 Å². The first-order valence-electron chi connectivity index (χ1n) is 39.6. The summed E-state index contributed by atoms with van der Waals surface area (Å²) in [6.07, 6.45) is 58.3. The summed E-state index contributed by atoms with van der Waals surface area (Å²) in [6.45, 7) is 7.22. The average molecular weight is 1400 g/mol. The molecule has 3 N–H and O–H groups in total. The number of carbonyl (C=O) groups excluding carboxylic acids is 4. The second-order valence-electron chi connectivity index (χ2n) is 27.9. The van der Waals surface area contributed by atoms with E-state index in [1.807, 2.05) is 0 Å². The summed E-state index contributed by atoms with van der Waals surface area (Å²) in [5.74, 6) is -1.43. The minimum atomic E-state index is -4.96. The predicted molar refractivity (Wildman–Crippen MR) is 386 cm³/mol. The second kappa shape index (κ2) is 69.2. The van der Waals surface area contributed by atoms with Gasteiger partial charge in [-0.1, -0.05) is 349 Å². The van der Waals surface area contributed by atoms with Gasteiger partial charge in [-0.15, -0.1) is 0 Å². The predicted octanol–water partition coefficient (Wildman–Crippen LogP) is 22.5. The topological polar surface area (TPSA) is 237 Å². The summed E-state index contributed by atoms with van der Waals surface area (Å²) in [4.78, 5) is 72.8. The van der Waals surface area contributed by atoms with E-state index in [0.29, 0.717) is 31.6 Å². The lowest BCUT2D eigenvalue weighted by Crippen LogP contribution is -2.30. The van der Waals surface area contributed by atoms with Crippen molar-refractivity contribution < 1.29 is 80.2 Å². The maximum Gasteiger partial charge on any atom is 0.472 e. The maximum absolute atomic E-state index is 13.1. The quantitative estimate of drug-likeness (QED) is 0.0222. The normalized spacial score (nSPS) is 13.9. The van der Waals surface area contributed by atoms with E-state index >= 15 is 0 Å². The monoisotopic (exact) mass is 1400 g/mol. The highest BCUT2D eigenvalue weighted by Crippen LogP contribution is 2.45. The van der Waals surface area contributed by atoms with E-state index in [4.69, 9.17) is 37.0 Å². The lowest BCUT2D eigenvalue weighted by molar-refractivity contribution is -0.161. The van der Waals surface area contributed by atoms with Crippen LogP contribution in [0.2, 0.25) is 0 Å². The molecule has 0 aromatic carbocycles. The number of rotatable bonds is 76. The minimum absolute atomic E-state index is 0.107. The Bertz CT molecular complexity index is 1820. The van der Waals surface area contributed by atoms with Crippen molar-refractivity contribution >= 4 is 39.5 Å². The molecule has 95 heavy (non-hydrogen) atoms. The third kappa shape index (κ3) is 70.3. The molecule has 0 aromatic rings. The fourth-order valence-corrected chi connectivity index (χ4v) is 13.3. The molecule has 0 aliphatic carbocycles. The molecule has 0 rings (SSSR count). The van der Waals surface area contributed by atoms with Gasteiger partial charge in [0.2, 0.25) is 0 Å². The van der Waals surface area contributed by atoms with E-state index in [1.54, 1.807) is 0 Å². The van der Waals surface area contributed by atoms with Gasteiger partial charge < -0.3 is 33.8 Å². The zero-order chi connectivity index (χ0) is 69.8. The van der Waals surface area contributed by atoms with Gasteiger partial charge in [0, 0.05) is 25.7 Å². The zero-order valence-electron chi connectivity index (χ0n) is 61.8. The molecule has 0 aromatic heterocycles. The highest BCUT2D eigenvalue weighted by molar-refractivity contribution is 7.47. The summed E-state index contributed by atoms with van der Waals surface area (Å²) in [5, 5.41) is 10.6. The van der Waals surface area contributed by atoms with Crippen LogP contribution >= 0.6 is 15.6 Å². The van der Waals surface area contributed by atoms with Gasteiger partial charge in [-0.3, -0.25) is 37.3 Å². The third-order valence-corrected chi connectivity index (χ3v) is 19.7. The maximum atomic E-state index is 13.1. The van der Waals surface area contributed by atoms with E-state index in [9.17, 15) is 43.2 Å². The highest BCUT2D eigenvalue weighted by Gasteiger charge is 2.30. The zero-order valence-corrected chi connectivity index (χ0v) is 63.6. The van der Waals surface area contributed by atoms with Crippen molar-refractivity contribution in [3.63, 3.8) is 0 Å². The first kappa shape index (κ1) is 93.1.